The molecule has 0 aliphatic carbocycles. The maximum absolute atomic E-state index is 12.2. The molecule has 1 N–H and O–H groups in total. The molecule has 7 heteroatoms. The van der Waals surface area contributed by atoms with E-state index in [-0.39, 0.29) is 11.5 Å². The zero-order valence-corrected chi connectivity index (χ0v) is 11.9. The van der Waals surface area contributed by atoms with Crippen LogP contribution in [0.2, 0.25) is 0 Å². The molecule has 1 aromatic heterocycles. The van der Waals surface area contributed by atoms with Gasteiger partial charge in [0.25, 0.3) is 0 Å². The second-order valence-electron chi connectivity index (χ2n) is 4.46. The quantitative estimate of drug-likeness (QED) is 0.788. The van der Waals surface area contributed by atoms with Gasteiger partial charge in [0, 0.05) is 19.8 Å². The predicted octanol–water partition coefficient (Wildman–Crippen LogP) is 0.542. The van der Waals surface area contributed by atoms with E-state index in [9.17, 15) is 8.42 Å². The normalized spacial score (nSPS) is 14.1. The Labute approximate surface area is 108 Å². The topological polar surface area (TPSA) is 75.4 Å². The van der Waals surface area contributed by atoms with E-state index in [1.807, 2.05) is 13.8 Å². The average Bonchev–Trinajstić information content (AvgIpc) is 2.78. The van der Waals surface area contributed by atoms with Gasteiger partial charge >= 0.3 is 0 Å². The fourth-order valence-corrected chi connectivity index (χ4v) is 2.79. The van der Waals surface area contributed by atoms with E-state index in [4.69, 9.17) is 5.11 Å². The molecule has 1 rings (SSSR count). The van der Waals surface area contributed by atoms with Crippen molar-refractivity contribution in [3.05, 3.63) is 12.4 Å². The van der Waals surface area contributed by atoms with Gasteiger partial charge in [0.1, 0.15) is 4.90 Å². The molecular formula is C11H21N3O3S. The van der Waals surface area contributed by atoms with Crippen molar-refractivity contribution in [3.8, 4) is 0 Å². The first-order chi connectivity index (χ1) is 8.41. The average molecular weight is 275 g/mol. The summed E-state index contributed by atoms with van der Waals surface area (Å²) in [6.45, 7) is 4.77. The zero-order valence-electron chi connectivity index (χ0n) is 11.1. The van der Waals surface area contributed by atoms with Crippen LogP contribution in [0.1, 0.15) is 20.3 Å². The summed E-state index contributed by atoms with van der Waals surface area (Å²) < 4.78 is 27.2. The molecule has 18 heavy (non-hydrogen) atoms. The number of rotatable bonds is 7. The van der Waals surface area contributed by atoms with E-state index < -0.39 is 10.0 Å². The van der Waals surface area contributed by atoms with Crippen LogP contribution >= 0.6 is 0 Å². The van der Waals surface area contributed by atoms with Gasteiger partial charge in [0.2, 0.25) is 10.0 Å². The van der Waals surface area contributed by atoms with Gasteiger partial charge in [-0.1, -0.05) is 20.3 Å². The molecule has 0 fully saturated rings. The number of aromatic nitrogens is 2. The molecule has 6 nitrogen and oxygen atoms in total. The van der Waals surface area contributed by atoms with Crippen molar-refractivity contribution in [2.45, 2.75) is 31.7 Å². The Morgan fingerprint density at radius 3 is 2.78 bits per heavy atom. The number of hydrogen-bond donors (Lipinski definition) is 1. The van der Waals surface area contributed by atoms with Gasteiger partial charge < -0.3 is 5.11 Å². The summed E-state index contributed by atoms with van der Waals surface area (Å²) in [5.74, 6) is 0.317. The zero-order chi connectivity index (χ0) is 13.8. The fraction of sp³-hybridized carbons (Fsp3) is 0.727. The van der Waals surface area contributed by atoms with Gasteiger partial charge in [0.15, 0.2) is 0 Å². The third-order valence-corrected chi connectivity index (χ3v) is 4.69. The highest BCUT2D eigenvalue weighted by atomic mass is 32.2. The van der Waals surface area contributed by atoms with E-state index in [1.165, 1.54) is 21.4 Å². The summed E-state index contributed by atoms with van der Waals surface area (Å²) in [4.78, 5) is 0.168. The summed E-state index contributed by atoms with van der Waals surface area (Å²) >= 11 is 0. The van der Waals surface area contributed by atoms with Crippen molar-refractivity contribution in [2.24, 2.45) is 5.92 Å². The Hall–Kier alpha value is -0.920. The van der Waals surface area contributed by atoms with Crippen LogP contribution in [0.3, 0.4) is 0 Å². The minimum atomic E-state index is -3.47. The Morgan fingerprint density at radius 2 is 2.22 bits per heavy atom. The van der Waals surface area contributed by atoms with Gasteiger partial charge in [-0.3, -0.25) is 4.68 Å². The Bertz CT molecular complexity index is 470. The monoisotopic (exact) mass is 275 g/mol. The fourth-order valence-electron chi connectivity index (χ4n) is 1.55. The Morgan fingerprint density at radius 1 is 1.56 bits per heavy atom. The van der Waals surface area contributed by atoms with Crippen molar-refractivity contribution >= 4 is 10.0 Å². The van der Waals surface area contributed by atoms with Crippen LogP contribution in [0.15, 0.2) is 17.3 Å². The molecule has 0 saturated carbocycles. The molecule has 1 aromatic rings. The van der Waals surface area contributed by atoms with Gasteiger partial charge in [0.05, 0.1) is 19.3 Å². The van der Waals surface area contributed by atoms with Crippen molar-refractivity contribution in [1.29, 1.82) is 0 Å². The van der Waals surface area contributed by atoms with E-state index >= 15 is 0 Å². The lowest BCUT2D eigenvalue weighted by Crippen LogP contribution is -2.30. The summed E-state index contributed by atoms with van der Waals surface area (Å²) in [6.07, 6.45) is 3.69. The summed E-state index contributed by atoms with van der Waals surface area (Å²) in [7, 11) is -1.90. The van der Waals surface area contributed by atoms with Crippen LogP contribution in [0.5, 0.6) is 0 Å². The molecule has 0 aromatic carbocycles. The molecule has 0 saturated heterocycles. The molecule has 0 bridgehead atoms. The Kier molecular flexibility index (Phi) is 5.30. The molecule has 0 spiro atoms. The largest absolute Gasteiger partial charge is 0.394 e. The Balaban J connectivity index is 2.84. The minimum absolute atomic E-state index is 0.0656. The number of nitrogens with zero attached hydrogens (tertiary/aromatic N) is 3. The standard InChI is InChI=1S/C11H21N3O3S/c1-4-10(2)8-13(3)18(16,17)11-7-12-14(9-11)5-6-15/h7,9-10,15H,4-6,8H2,1-3H3. The lowest BCUT2D eigenvalue weighted by Gasteiger charge is -2.19. The maximum Gasteiger partial charge on any atom is 0.245 e. The van der Waals surface area contributed by atoms with Crippen molar-refractivity contribution in [3.63, 3.8) is 0 Å². The van der Waals surface area contributed by atoms with Gasteiger partial charge in [-0.25, -0.2) is 12.7 Å². The highest BCUT2D eigenvalue weighted by Crippen LogP contribution is 2.15. The van der Waals surface area contributed by atoms with Crippen LogP contribution in [0.25, 0.3) is 0 Å². The van der Waals surface area contributed by atoms with Crippen LogP contribution in [0, 0.1) is 5.92 Å². The molecule has 1 atom stereocenters. The first kappa shape index (κ1) is 15.1. The second kappa shape index (κ2) is 6.31. The molecular weight excluding hydrogens is 254 g/mol. The lowest BCUT2D eigenvalue weighted by atomic mass is 10.1. The smallest absolute Gasteiger partial charge is 0.245 e. The lowest BCUT2D eigenvalue weighted by molar-refractivity contribution is 0.269. The summed E-state index contributed by atoms with van der Waals surface area (Å²) in [6, 6.07) is 0. The number of hydrogen-bond acceptors (Lipinski definition) is 4. The minimum Gasteiger partial charge on any atom is -0.394 e. The van der Waals surface area contributed by atoms with Crippen molar-refractivity contribution < 1.29 is 13.5 Å². The summed E-state index contributed by atoms with van der Waals surface area (Å²) in [5, 5.41) is 12.7. The van der Waals surface area contributed by atoms with E-state index in [0.29, 0.717) is 19.0 Å². The maximum atomic E-state index is 12.2. The molecule has 0 radical (unpaired) electrons. The van der Waals surface area contributed by atoms with Gasteiger partial charge in [-0.2, -0.15) is 5.10 Å². The molecule has 0 aliphatic heterocycles. The third kappa shape index (κ3) is 3.54. The molecule has 1 unspecified atom stereocenters. The third-order valence-electron chi connectivity index (χ3n) is 2.91. The SMILES string of the molecule is CCC(C)CN(C)S(=O)(=O)c1cnn(CCO)c1. The summed E-state index contributed by atoms with van der Waals surface area (Å²) in [5.41, 5.74) is 0. The van der Waals surface area contributed by atoms with E-state index in [1.54, 1.807) is 7.05 Å². The van der Waals surface area contributed by atoms with Crippen molar-refractivity contribution in [1.82, 2.24) is 14.1 Å². The van der Waals surface area contributed by atoms with E-state index in [0.717, 1.165) is 6.42 Å². The van der Waals surface area contributed by atoms with Crippen LogP contribution in [-0.4, -0.2) is 47.8 Å². The van der Waals surface area contributed by atoms with Crippen LogP contribution in [0.4, 0.5) is 0 Å². The first-order valence-corrected chi connectivity index (χ1v) is 7.45. The molecule has 1 heterocycles. The van der Waals surface area contributed by atoms with Gasteiger partial charge in [-0.05, 0) is 5.92 Å². The predicted molar refractivity (Wildman–Crippen MR) is 68.6 cm³/mol. The molecule has 0 aliphatic rings. The highest BCUT2D eigenvalue weighted by molar-refractivity contribution is 7.89. The van der Waals surface area contributed by atoms with Crippen LogP contribution < -0.4 is 0 Å². The molecule has 0 amide bonds. The second-order valence-corrected chi connectivity index (χ2v) is 6.51. The van der Waals surface area contributed by atoms with Crippen molar-refractivity contribution in [2.75, 3.05) is 20.2 Å². The molecule has 104 valence electrons. The highest BCUT2D eigenvalue weighted by Gasteiger charge is 2.23. The number of aliphatic hydroxyl groups is 1. The number of sulfonamides is 1. The van der Waals surface area contributed by atoms with E-state index in [2.05, 4.69) is 5.10 Å². The number of aliphatic hydroxyl groups excluding tert-OH is 1. The van der Waals surface area contributed by atoms with Gasteiger partial charge in [-0.15, -0.1) is 0 Å². The first-order valence-electron chi connectivity index (χ1n) is 6.01. The van der Waals surface area contributed by atoms with Crippen LogP contribution in [-0.2, 0) is 16.6 Å².